The number of hydrogen-bond donors (Lipinski definition) is 0. The van der Waals surface area contributed by atoms with Gasteiger partial charge in [-0.3, -0.25) is 0 Å². The van der Waals surface area contributed by atoms with Crippen LogP contribution < -0.4 is 0 Å². The number of rotatable bonds is 0. The molecule has 64 valence electrons. The highest BCUT2D eigenvalue weighted by Gasteiger charge is 2.21. The molecular formula is C9H10ClNS. The molecule has 1 rings (SSSR count). The Labute approximate surface area is 81.6 Å². The Morgan fingerprint density at radius 2 is 2.08 bits per heavy atom. The fraction of sp³-hybridized carbons (Fsp3) is 0.444. The first-order valence-corrected chi connectivity index (χ1v) is 4.90. The van der Waals surface area contributed by atoms with Gasteiger partial charge in [-0.25, -0.2) is 0 Å². The molecule has 0 radical (unpaired) electrons. The molecule has 0 fully saturated rings. The Morgan fingerprint density at radius 3 is 2.42 bits per heavy atom. The molecule has 0 aliphatic carbocycles. The van der Waals surface area contributed by atoms with Crippen molar-refractivity contribution >= 4 is 22.9 Å². The largest absolute Gasteiger partial charge is 0.192 e. The Bertz CT molecular complexity index is 327. The summed E-state index contributed by atoms with van der Waals surface area (Å²) in [5.41, 5.74) is 0.650. The molecule has 1 nitrogen and oxygen atoms in total. The number of nitrogens with zero attached hydrogens (tertiary/aromatic N) is 1. The second kappa shape index (κ2) is 3.08. The molecule has 0 amide bonds. The third-order valence-corrected chi connectivity index (χ3v) is 3.37. The van der Waals surface area contributed by atoms with E-state index >= 15 is 0 Å². The van der Waals surface area contributed by atoms with Crippen LogP contribution in [0.15, 0.2) is 5.38 Å². The molecule has 0 aromatic carbocycles. The molecule has 0 bridgehead atoms. The van der Waals surface area contributed by atoms with Crippen molar-refractivity contribution in [1.29, 1.82) is 5.26 Å². The van der Waals surface area contributed by atoms with E-state index in [1.54, 1.807) is 11.3 Å². The van der Waals surface area contributed by atoms with E-state index in [0.717, 1.165) is 4.88 Å². The molecule has 0 aliphatic rings. The van der Waals surface area contributed by atoms with E-state index in [-0.39, 0.29) is 5.41 Å². The normalized spacial score (nSPS) is 11.2. The van der Waals surface area contributed by atoms with Gasteiger partial charge in [-0.05, 0) is 5.41 Å². The van der Waals surface area contributed by atoms with Crippen LogP contribution >= 0.6 is 22.9 Å². The first-order valence-electron chi connectivity index (χ1n) is 3.64. The van der Waals surface area contributed by atoms with E-state index in [2.05, 4.69) is 26.8 Å². The van der Waals surface area contributed by atoms with Crippen LogP contribution in [0, 0.1) is 11.3 Å². The molecule has 0 atom stereocenters. The maximum atomic E-state index is 8.82. The monoisotopic (exact) mass is 199 g/mol. The van der Waals surface area contributed by atoms with Crippen molar-refractivity contribution in [2.75, 3.05) is 0 Å². The predicted octanol–water partition coefficient (Wildman–Crippen LogP) is 3.57. The minimum absolute atomic E-state index is 0.0167. The maximum Gasteiger partial charge on any atom is 0.102 e. The van der Waals surface area contributed by atoms with E-state index in [9.17, 15) is 0 Å². The number of nitriles is 1. The van der Waals surface area contributed by atoms with Crippen LogP contribution in [-0.4, -0.2) is 0 Å². The smallest absolute Gasteiger partial charge is 0.102 e. The molecule has 0 aliphatic heterocycles. The zero-order valence-electron chi connectivity index (χ0n) is 7.31. The van der Waals surface area contributed by atoms with Crippen molar-refractivity contribution < 1.29 is 0 Å². The minimum Gasteiger partial charge on any atom is -0.192 e. The fourth-order valence-electron chi connectivity index (χ4n) is 0.993. The summed E-state index contributed by atoms with van der Waals surface area (Å²) in [6.07, 6.45) is 0. The SMILES string of the molecule is CC(C)(C)c1scc(Cl)c1C#N. The van der Waals surface area contributed by atoms with E-state index < -0.39 is 0 Å². The molecule has 0 saturated carbocycles. The Kier molecular flexibility index (Phi) is 2.46. The van der Waals surface area contributed by atoms with Crippen LogP contribution in [0.1, 0.15) is 31.2 Å². The molecule has 0 N–H and O–H groups in total. The average Bonchev–Trinajstić information content (AvgIpc) is 2.29. The highest BCUT2D eigenvalue weighted by molar-refractivity contribution is 7.11. The van der Waals surface area contributed by atoms with Crippen LogP contribution in [0.4, 0.5) is 0 Å². The van der Waals surface area contributed by atoms with Crippen molar-refractivity contribution in [3.63, 3.8) is 0 Å². The molecule has 12 heavy (non-hydrogen) atoms. The summed E-state index contributed by atoms with van der Waals surface area (Å²) in [6, 6.07) is 2.13. The summed E-state index contributed by atoms with van der Waals surface area (Å²) < 4.78 is 0. The van der Waals surface area contributed by atoms with Crippen molar-refractivity contribution in [2.45, 2.75) is 26.2 Å². The summed E-state index contributed by atoms with van der Waals surface area (Å²) in [5.74, 6) is 0. The van der Waals surface area contributed by atoms with Gasteiger partial charge < -0.3 is 0 Å². The molecular weight excluding hydrogens is 190 g/mol. The van der Waals surface area contributed by atoms with Gasteiger partial charge in [0.2, 0.25) is 0 Å². The quantitative estimate of drug-likeness (QED) is 0.627. The summed E-state index contributed by atoms with van der Waals surface area (Å²) in [6.45, 7) is 6.24. The molecule has 0 spiro atoms. The van der Waals surface area contributed by atoms with Gasteiger partial charge in [0.25, 0.3) is 0 Å². The second-order valence-electron chi connectivity index (χ2n) is 3.65. The zero-order chi connectivity index (χ0) is 9.35. The predicted molar refractivity (Wildman–Crippen MR) is 52.7 cm³/mol. The van der Waals surface area contributed by atoms with Gasteiger partial charge in [-0.1, -0.05) is 32.4 Å². The average molecular weight is 200 g/mol. The summed E-state index contributed by atoms with van der Waals surface area (Å²) in [7, 11) is 0. The van der Waals surface area contributed by atoms with Crippen LogP contribution in [0.5, 0.6) is 0 Å². The van der Waals surface area contributed by atoms with Gasteiger partial charge in [-0.2, -0.15) is 5.26 Å². The van der Waals surface area contributed by atoms with Crippen LogP contribution in [-0.2, 0) is 5.41 Å². The summed E-state index contributed by atoms with van der Waals surface area (Å²) in [5, 5.41) is 11.2. The Hall–Kier alpha value is -0.520. The zero-order valence-corrected chi connectivity index (χ0v) is 8.88. The Balaban J connectivity index is 3.28. The van der Waals surface area contributed by atoms with Gasteiger partial charge in [0.05, 0.1) is 10.6 Å². The fourth-order valence-corrected chi connectivity index (χ4v) is 2.29. The Morgan fingerprint density at radius 1 is 1.50 bits per heavy atom. The highest BCUT2D eigenvalue weighted by atomic mass is 35.5. The minimum atomic E-state index is 0.0167. The maximum absolute atomic E-state index is 8.82. The molecule has 1 aromatic heterocycles. The lowest BCUT2D eigenvalue weighted by molar-refractivity contribution is 0.602. The van der Waals surface area contributed by atoms with Crippen LogP contribution in [0.3, 0.4) is 0 Å². The van der Waals surface area contributed by atoms with Gasteiger partial charge in [0, 0.05) is 10.3 Å². The van der Waals surface area contributed by atoms with E-state index in [0.29, 0.717) is 10.6 Å². The highest BCUT2D eigenvalue weighted by Crippen LogP contribution is 2.35. The first kappa shape index (κ1) is 9.57. The number of thiophene rings is 1. The van der Waals surface area contributed by atoms with Crippen molar-refractivity contribution in [3.8, 4) is 6.07 Å². The summed E-state index contributed by atoms with van der Waals surface area (Å²) >= 11 is 7.39. The van der Waals surface area contributed by atoms with Crippen LogP contribution in [0.2, 0.25) is 5.02 Å². The number of hydrogen-bond acceptors (Lipinski definition) is 2. The third-order valence-electron chi connectivity index (χ3n) is 1.54. The first-order chi connectivity index (χ1) is 5.46. The van der Waals surface area contributed by atoms with Crippen LogP contribution in [0.25, 0.3) is 0 Å². The second-order valence-corrected chi connectivity index (χ2v) is 4.94. The van der Waals surface area contributed by atoms with E-state index in [4.69, 9.17) is 16.9 Å². The topological polar surface area (TPSA) is 23.8 Å². The molecule has 1 heterocycles. The van der Waals surface area contributed by atoms with E-state index in [1.165, 1.54) is 0 Å². The third kappa shape index (κ3) is 1.63. The van der Waals surface area contributed by atoms with Gasteiger partial charge >= 0.3 is 0 Å². The standard InChI is InChI=1S/C9H10ClNS/c1-9(2,3)8-6(4-11)7(10)5-12-8/h5H,1-3H3. The molecule has 0 saturated heterocycles. The van der Waals surface area contributed by atoms with Gasteiger partial charge in [-0.15, -0.1) is 11.3 Å². The van der Waals surface area contributed by atoms with E-state index in [1.807, 2.05) is 5.38 Å². The lowest BCUT2D eigenvalue weighted by Gasteiger charge is -2.16. The molecule has 3 heteroatoms. The molecule has 1 aromatic rings. The van der Waals surface area contributed by atoms with Crippen molar-refractivity contribution in [2.24, 2.45) is 0 Å². The molecule has 0 unspecified atom stereocenters. The van der Waals surface area contributed by atoms with Gasteiger partial charge in [0.15, 0.2) is 0 Å². The summed E-state index contributed by atoms with van der Waals surface area (Å²) in [4.78, 5) is 1.06. The lowest BCUT2D eigenvalue weighted by atomic mass is 9.92. The van der Waals surface area contributed by atoms with Crippen molar-refractivity contribution in [3.05, 3.63) is 20.8 Å². The number of halogens is 1. The van der Waals surface area contributed by atoms with Crippen molar-refractivity contribution in [1.82, 2.24) is 0 Å². The lowest BCUT2D eigenvalue weighted by Crippen LogP contribution is -2.10. The van der Waals surface area contributed by atoms with Gasteiger partial charge in [0.1, 0.15) is 6.07 Å².